The van der Waals surface area contributed by atoms with Crippen molar-refractivity contribution < 1.29 is 4.79 Å². The Morgan fingerprint density at radius 3 is 2.68 bits per heavy atom. The average molecular weight is 510 g/mol. The molecule has 1 atom stereocenters. The van der Waals surface area contributed by atoms with Crippen LogP contribution in [0.15, 0.2) is 70.5 Å². The molecule has 0 aliphatic carbocycles. The Labute approximate surface area is 211 Å². The third-order valence-corrected chi connectivity index (χ3v) is 7.79. The molecule has 34 heavy (non-hydrogen) atoms. The molecular formula is C26H24ClN3O2S2. The first-order chi connectivity index (χ1) is 16.3. The summed E-state index contributed by atoms with van der Waals surface area (Å²) >= 11 is 8.85. The molecule has 0 bridgehead atoms. The van der Waals surface area contributed by atoms with Crippen LogP contribution in [0.2, 0.25) is 5.02 Å². The Morgan fingerprint density at radius 1 is 1.26 bits per heavy atom. The maximum absolute atomic E-state index is 13.5. The number of hydrogen-bond donors (Lipinski definition) is 1. The van der Waals surface area contributed by atoms with Gasteiger partial charge in [0, 0.05) is 28.2 Å². The van der Waals surface area contributed by atoms with Gasteiger partial charge in [0.2, 0.25) is 5.91 Å². The number of fused-ring (bicyclic) bond motifs is 1. The molecule has 174 valence electrons. The molecule has 0 aliphatic rings. The standard InChI is InChI=1S/C26H24ClN3O2S2/c1-5-12-30-25(32)22-20(18-9-6-15(2)7-10-18)14-33-24(22)29-26(30)34-17(4)23(31)28-19-11-8-16(3)21(27)13-19/h5-11,13-14,17H,1,12H2,2-4H3,(H,28,31). The van der Waals surface area contributed by atoms with Crippen LogP contribution in [0.5, 0.6) is 0 Å². The van der Waals surface area contributed by atoms with Crippen molar-refractivity contribution in [3.8, 4) is 11.1 Å². The van der Waals surface area contributed by atoms with Gasteiger partial charge in [-0.3, -0.25) is 14.2 Å². The number of aryl methyl sites for hydroxylation is 2. The van der Waals surface area contributed by atoms with Gasteiger partial charge in [0.15, 0.2) is 5.16 Å². The minimum Gasteiger partial charge on any atom is -0.325 e. The average Bonchev–Trinajstić information content (AvgIpc) is 3.23. The van der Waals surface area contributed by atoms with Gasteiger partial charge in [0.25, 0.3) is 5.56 Å². The number of aromatic nitrogens is 2. The number of nitrogens with zero attached hydrogens (tertiary/aromatic N) is 2. The highest BCUT2D eigenvalue weighted by Gasteiger charge is 2.21. The van der Waals surface area contributed by atoms with E-state index in [1.807, 2.05) is 55.6 Å². The van der Waals surface area contributed by atoms with E-state index in [2.05, 4.69) is 11.9 Å². The summed E-state index contributed by atoms with van der Waals surface area (Å²) in [6, 6.07) is 13.5. The molecule has 1 amide bonds. The van der Waals surface area contributed by atoms with Crippen LogP contribution in [0.4, 0.5) is 5.69 Å². The van der Waals surface area contributed by atoms with Crippen LogP contribution in [0.25, 0.3) is 21.3 Å². The van der Waals surface area contributed by atoms with Crippen LogP contribution >= 0.6 is 34.7 Å². The molecule has 8 heteroatoms. The second-order valence-electron chi connectivity index (χ2n) is 8.01. The Kier molecular flexibility index (Phi) is 7.26. The number of halogens is 1. The lowest BCUT2D eigenvalue weighted by Gasteiger charge is -2.15. The normalized spacial score (nSPS) is 12.0. The molecule has 2 heterocycles. The number of nitrogens with one attached hydrogen (secondary N) is 1. The number of thioether (sulfide) groups is 1. The first-order valence-corrected chi connectivity index (χ1v) is 12.9. The molecule has 5 nitrogen and oxygen atoms in total. The molecule has 0 radical (unpaired) electrons. The van der Waals surface area contributed by atoms with Gasteiger partial charge in [-0.15, -0.1) is 17.9 Å². The zero-order chi connectivity index (χ0) is 24.4. The summed E-state index contributed by atoms with van der Waals surface area (Å²) in [5.74, 6) is -0.198. The number of carbonyl (C=O) groups excluding carboxylic acids is 1. The third kappa shape index (κ3) is 4.97. The van der Waals surface area contributed by atoms with Crippen LogP contribution in [0.3, 0.4) is 0 Å². The lowest BCUT2D eigenvalue weighted by molar-refractivity contribution is -0.115. The number of thiophene rings is 1. The van der Waals surface area contributed by atoms with Crippen molar-refractivity contribution in [1.29, 1.82) is 0 Å². The van der Waals surface area contributed by atoms with Crippen molar-refractivity contribution in [3.63, 3.8) is 0 Å². The molecule has 1 N–H and O–H groups in total. The van der Waals surface area contributed by atoms with Crippen LogP contribution in [-0.2, 0) is 11.3 Å². The fourth-order valence-corrected chi connectivity index (χ4v) is 5.54. The number of hydrogen-bond acceptors (Lipinski definition) is 5. The minimum atomic E-state index is -0.489. The summed E-state index contributed by atoms with van der Waals surface area (Å²) in [6.45, 7) is 9.82. The monoisotopic (exact) mass is 509 g/mol. The van der Waals surface area contributed by atoms with E-state index < -0.39 is 5.25 Å². The van der Waals surface area contributed by atoms with Gasteiger partial charge in [-0.1, -0.05) is 65.3 Å². The number of carbonyl (C=O) groups is 1. The van der Waals surface area contributed by atoms with Crippen molar-refractivity contribution in [3.05, 3.63) is 87.0 Å². The summed E-state index contributed by atoms with van der Waals surface area (Å²) < 4.78 is 1.58. The van der Waals surface area contributed by atoms with Crippen molar-refractivity contribution in [1.82, 2.24) is 9.55 Å². The van der Waals surface area contributed by atoms with Gasteiger partial charge in [0.05, 0.1) is 10.6 Å². The zero-order valence-electron chi connectivity index (χ0n) is 19.1. The lowest BCUT2D eigenvalue weighted by Crippen LogP contribution is -2.26. The third-order valence-electron chi connectivity index (χ3n) is 5.42. The molecule has 0 saturated heterocycles. The van der Waals surface area contributed by atoms with E-state index in [0.717, 1.165) is 22.3 Å². The first-order valence-electron chi connectivity index (χ1n) is 10.7. The van der Waals surface area contributed by atoms with E-state index in [0.29, 0.717) is 32.6 Å². The number of allylic oxidation sites excluding steroid dienone is 1. The van der Waals surface area contributed by atoms with E-state index in [-0.39, 0.29) is 11.5 Å². The first kappa shape index (κ1) is 24.3. The van der Waals surface area contributed by atoms with Gasteiger partial charge in [-0.25, -0.2) is 4.98 Å². The van der Waals surface area contributed by atoms with Crippen molar-refractivity contribution in [2.24, 2.45) is 0 Å². The predicted octanol–water partition coefficient (Wildman–Crippen LogP) is 6.70. The Balaban J connectivity index is 1.66. The minimum absolute atomic E-state index is 0.137. The fourth-order valence-electron chi connectivity index (χ4n) is 3.46. The molecular weight excluding hydrogens is 486 g/mol. The Morgan fingerprint density at radius 2 is 2.00 bits per heavy atom. The summed E-state index contributed by atoms with van der Waals surface area (Å²) in [5.41, 5.74) is 4.43. The van der Waals surface area contributed by atoms with Crippen molar-refractivity contribution >= 4 is 56.5 Å². The SMILES string of the molecule is C=CCn1c(SC(C)C(=O)Nc2ccc(C)c(Cl)c2)nc2scc(-c3ccc(C)cc3)c2c1=O. The number of benzene rings is 2. The van der Waals surface area contributed by atoms with Crippen LogP contribution in [-0.4, -0.2) is 20.7 Å². The van der Waals surface area contributed by atoms with Crippen molar-refractivity contribution in [2.45, 2.75) is 37.7 Å². The van der Waals surface area contributed by atoms with E-state index in [1.165, 1.54) is 23.1 Å². The molecule has 0 spiro atoms. The van der Waals surface area contributed by atoms with Crippen LogP contribution < -0.4 is 10.9 Å². The van der Waals surface area contributed by atoms with Gasteiger partial charge in [-0.2, -0.15) is 0 Å². The quantitative estimate of drug-likeness (QED) is 0.171. The summed E-state index contributed by atoms with van der Waals surface area (Å²) in [6.07, 6.45) is 1.66. The molecule has 0 aliphatic heterocycles. The fraction of sp³-hybridized carbons (Fsp3) is 0.192. The number of amides is 1. The summed E-state index contributed by atoms with van der Waals surface area (Å²) in [4.78, 5) is 31.8. The maximum Gasteiger partial charge on any atom is 0.263 e. The molecule has 2 aromatic heterocycles. The van der Waals surface area contributed by atoms with E-state index in [4.69, 9.17) is 16.6 Å². The van der Waals surface area contributed by atoms with E-state index in [1.54, 1.807) is 23.6 Å². The van der Waals surface area contributed by atoms with Gasteiger partial charge in [0.1, 0.15) is 4.83 Å². The lowest BCUT2D eigenvalue weighted by atomic mass is 10.1. The predicted molar refractivity (Wildman–Crippen MR) is 144 cm³/mol. The second-order valence-corrected chi connectivity index (χ2v) is 10.6. The molecule has 4 rings (SSSR count). The van der Waals surface area contributed by atoms with Crippen LogP contribution in [0.1, 0.15) is 18.1 Å². The second kappa shape index (κ2) is 10.2. The van der Waals surface area contributed by atoms with Gasteiger partial charge in [-0.05, 0) is 44.0 Å². The van der Waals surface area contributed by atoms with E-state index in [9.17, 15) is 9.59 Å². The number of anilines is 1. The Hall–Kier alpha value is -2.87. The molecule has 4 aromatic rings. The molecule has 2 aromatic carbocycles. The molecule has 1 unspecified atom stereocenters. The highest BCUT2D eigenvalue weighted by atomic mass is 35.5. The van der Waals surface area contributed by atoms with Crippen molar-refractivity contribution in [2.75, 3.05) is 5.32 Å². The summed E-state index contributed by atoms with van der Waals surface area (Å²) in [5, 5.41) is 6.03. The highest BCUT2D eigenvalue weighted by molar-refractivity contribution is 8.00. The van der Waals surface area contributed by atoms with Crippen LogP contribution in [0, 0.1) is 13.8 Å². The number of rotatable bonds is 7. The van der Waals surface area contributed by atoms with E-state index >= 15 is 0 Å². The smallest absolute Gasteiger partial charge is 0.263 e. The maximum atomic E-state index is 13.5. The van der Waals surface area contributed by atoms with Gasteiger partial charge >= 0.3 is 0 Å². The topological polar surface area (TPSA) is 64.0 Å². The zero-order valence-corrected chi connectivity index (χ0v) is 21.5. The molecule has 0 fully saturated rings. The molecule has 0 saturated carbocycles. The Bertz CT molecular complexity index is 1440. The highest BCUT2D eigenvalue weighted by Crippen LogP contribution is 2.33. The largest absolute Gasteiger partial charge is 0.325 e. The van der Waals surface area contributed by atoms with Gasteiger partial charge < -0.3 is 5.32 Å². The summed E-state index contributed by atoms with van der Waals surface area (Å²) in [7, 11) is 0.